The predicted octanol–water partition coefficient (Wildman–Crippen LogP) is 2.60. The fourth-order valence-electron chi connectivity index (χ4n) is 2.24. The van der Waals surface area contributed by atoms with Crippen molar-refractivity contribution in [2.24, 2.45) is 5.73 Å². The summed E-state index contributed by atoms with van der Waals surface area (Å²) in [4.78, 5) is 13.7. The smallest absolute Gasteiger partial charge is 0.407 e. The lowest BCUT2D eigenvalue weighted by Gasteiger charge is -2.22. The number of ether oxygens (including phenoxy) is 1. The highest BCUT2D eigenvalue weighted by molar-refractivity contribution is 5.67. The first-order chi connectivity index (χ1) is 10.2. The van der Waals surface area contributed by atoms with Crippen molar-refractivity contribution in [3.8, 4) is 0 Å². The van der Waals surface area contributed by atoms with Gasteiger partial charge in [-0.3, -0.25) is 0 Å². The first kappa shape index (κ1) is 16.6. The van der Waals surface area contributed by atoms with Gasteiger partial charge in [0.05, 0.1) is 0 Å². The first-order valence-corrected chi connectivity index (χ1v) is 7.77. The van der Waals surface area contributed by atoms with Crippen LogP contribution in [0.3, 0.4) is 0 Å². The Hall–Kier alpha value is -1.75. The van der Waals surface area contributed by atoms with E-state index in [1.165, 1.54) is 5.56 Å². The second-order valence-electron chi connectivity index (χ2n) is 7.05. The zero-order chi connectivity index (χ0) is 16.4. The summed E-state index contributed by atoms with van der Waals surface area (Å²) >= 11 is 0. The molecule has 22 heavy (non-hydrogen) atoms. The fraction of sp³-hybridized carbons (Fsp3) is 0.588. The van der Waals surface area contributed by atoms with E-state index in [9.17, 15) is 4.79 Å². The van der Waals surface area contributed by atoms with E-state index < -0.39 is 5.60 Å². The van der Waals surface area contributed by atoms with Gasteiger partial charge in [0.25, 0.3) is 0 Å². The number of nitrogens with zero attached hydrogens (tertiary/aromatic N) is 1. The molecule has 0 aliphatic heterocycles. The largest absolute Gasteiger partial charge is 0.444 e. The maximum absolute atomic E-state index is 11.6. The average Bonchev–Trinajstić information content (AvgIpc) is 3.16. The monoisotopic (exact) mass is 305 g/mol. The summed E-state index contributed by atoms with van der Waals surface area (Å²) in [7, 11) is 2.00. The number of anilines is 1. The highest BCUT2D eigenvalue weighted by Gasteiger charge is 2.39. The Morgan fingerprint density at radius 3 is 2.41 bits per heavy atom. The normalized spacial score (nSPS) is 16.0. The van der Waals surface area contributed by atoms with E-state index in [1.54, 1.807) is 0 Å². The maximum Gasteiger partial charge on any atom is 0.407 e. The van der Waals surface area contributed by atoms with Gasteiger partial charge in [0.1, 0.15) is 5.60 Å². The molecule has 0 saturated heterocycles. The van der Waals surface area contributed by atoms with Crippen LogP contribution in [0.2, 0.25) is 0 Å². The number of amides is 1. The number of benzene rings is 1. The van der Waals surface area contributed by atoms with Gasteiger partial charge in [0, 0.05) is 31.4 Å². The fourth-order valence-corrected chi connectivity index (χ4v) is 2.24. The van der Waals surface area contributed by atoms with Crippen molar-refractivity contribution in [2.45, 2.75) is 44.8 Å². The SMILES string of the molecule is CN(CCNC(=O)OC(C)(C)C)c1ccc(C2(N)CC2)cc1. The minimum atomic E-state index is -0.465. The number of carbonyl (C=O) groups is 1. The van der Waals surface area contributed by atoms with Crippen molar-refractivity contribution < 1.29 is 9.53 Å². The molecule has 5 nitrogen and oxygen atoms in total. The molecule has 0 unspecified atom stereocenters. The van der Waals surface area contributed by atoms with E-state index in [0.717, 1.165) is 18.5 Å². The molecular formula is C17H27N3O2. The summed E-state index contributed by atoms with van der Waals surface area (Å²) in [6.45, 7) is 6.80. The minimum Gasteiger partial charge on any atom is -0.444 e. The van der Waals surface area contributed by atoms with Gasteiger partial charge in [-0.1, -0.05) is 12.1 Å². The van der Waals surface area contributed by atoms with E-state index in [4.69, 9.17) is 10.5 Å². The van der Waals surface area contributed by atoms with Crippen LogP contribution in [-0.4, -0.2) is 31.8 Å². The number of likely N-dealkylation sites (N-methyl/N-ethyl adjacent to an activating group) is 1. The minimum absolute atomic E-state index is 0.0879. The van der Waals surface area contributed by atoms with Crippen LogP contribution in [0.25, 0.3) is 0 Å². The average molecular weight is 305 g/mol. The summed E-state index contributed by atoms with van der Waals surface area (Å²) < 4.78 is 5.20. The highest BCUT2D eigenvalue weighted by Crippen LogP contribution is 2.42. The second-order valence-corrected chi connectivity index (χ2v) is 7.05. The van der Waals surface area contributed by atoms with Gasteiger partial charge in [-0.05, 0) is 51.3 Å². The molecule has 1 amide bonds. The lowest BCUT2D eigenvalue weighted by Crippen LogP contribution is -2.37. The zero-order valence-corrected chi connectivity index (χ0v) is 14.0. The van der Waals surface area contributed by atoms with Crippen LogP contribution < -0.4 is 16.0 Å². The molecule has 0 bridgehead atoms. The quantitative estimate of drug-likeness (QED) is 0.877. The Labute approximate surface area is 132 Å². The van der Waals surface area contributed by atoms with Crippen molar-refractivity contribution in [1.82, 2.24) is 5.32 Å². The van der Waals surface area contributed by atoms with Gasteiger partial charge < -0.3 is 20.7 Å². The Morgan fingerprint density at radius 1 is 1.32 bits per heavy atom. The number of nitrogens with one attached hydrogen (secondary N) is 1. The van der Waals surface area contributed by atoms with Crippen molar-refractivity contribution in [1.29, 1.82) is 0 Å². The number of hydrogen-bond acceptors (Lipinski definition) is 4. The van der Waals surface area contributed by atoms with E-state index in [-0.39, 0.29) is 11.6 Å². The summed E-state index contributed by atoms with van der Waals surface area (Å²) in [5.41, 5.74) is 7.94. The van der Waals surface area contributed by atoms with Gasteiger partial charge in [-0.15, -0.1) is 0 Å². The van der Waals surface area contributed by atoms with Gasteiger partial charge in [0.15, 0.2) is 0 Å². The van der Waals surface area contributed by atoms with Crippen molar-refractivity contribution in [3.05, 3.63) is 29.8 Å². The number of carbonyl (C=O) groups excluding carboxylic acids is 1. The number of rotatable bonds is 5. The molecule has 3 N–H and O–H groups in total. The van der Waals surface area contributed by atoms with Gasteiger partial charge in [-0.2, -0.15) is 0 Å². The molecule has 1 aromatic carbocycles. The van der Waals surface area contributed by atoms with Crippen molar-refractivity contribution in [3.63, 3.8) is 0 Å². The molecular weight excluding hydrogens is 278 g/mol. The number of alkyl carbamates (subject to hydrolysis) is 1. The molecule has 0 spiro atoms. The molecule has 1 aromatic rings. The lowest BCUT2D eigenvalue weighted by atomic mass is 10.1. The zero-order valence-electron chi connectivity index (χ0n) is 14.0. The van der Waals surface area contributed by atoms with Gasteiger partial charge in [-0.25, -0.2) is 4.79 Å². The molecule has 122 valence electrons. The third-order valence-electron chi connectivity index (χ3n) is 3.79. The summed E-state index contributed by atoms with van der Waals surface area (Å²) in [6.07, 6.45) is 1.76. The molecule has 0 atom stereocenters. The third-order valence-corrected chi connectivity index (χ3v) is 3.79. The Bertz CT molecular complexity index is 516. The topological polar surface area (TPSA) is 67.6 Å². The van der Waals surface area contributed by atoms with Crippen LogP contribution in [0.1, 0.15) is 39.2 Å². The standard InChI is InChI=1S/C17H27N3O2/c1-16(2,3)22-15(21)19-11-12-20(4)14-7-5-13(6-8-14)17(18)9-10-17/h5-8H,9-12,18H2,1-4H3,(H,19,21). The number of nitrogens with two attached hydrogens (primary N) is 1. The Morgan fingerprint density at radius 2 is 1.91 bits per heavy atom. The van der Waals surface area contributed by atoms with E-state index in [2.05, 4.69) is 34.5 Å². The van der Waals surface area contributed by atoms with Crippen molar-refractivity contribution >= 4 is 11.8 Å². The molecule has 1 aliphatic carbocycles. The highest BCUT2D eigenvalue weighted by atomic mass is 16.6. The molecule has 0 radical (unpaired) electrons. The molecule has 5 heteroatoms. The Kier molecular flexibility index (Phi) is 4.66. The van der Waals surface area contributed by atoms with E-state index in [1.807, 2.05) is 27.8 Å². The van der Waals surface area contributed by atoms with Crippen LogP contribution >= 0.6 is 0 Å². The molecule has 0 heterocycles. The maximum atomic E-state index is 11.6. The van der Waals surface area contributed by atoms with Crippen LogP contribution in [0.5, 0.6) is 0 Å². The van der Waals surface area contributed by atoms with Gasteiger partial charge >= 0.3 is 6.09 Å². The molecule has 1 saturated carbocycles. The first-order valence-electron chi connectivity index (χ1n) is 7.77. The summed E-state index contributed by atoms with van der Waals surface area (Å²) in [5, 5.41) is 2.76. The number of hydrogen-bond donors (Lipinski definition) is 2. The lowest BCUT2D eigenvalue weighted by molar-refractivity contribution is 0.0529. The van der Waals surface area contributed by atoms with Crippen LogP contribution in [0.4, 0.5) is 10.5 Å². The predicted molar refractivity (Wildman–Crippen MR) is 89.0 cm³/mol. The Balaban J connectivity index is 1.77. The molecule has 2 rings (SSSR count). The molecule has 1 aliphatic rings. The van der Waals surface area contributed by atoms with Crippen LogP contribution in [0.15, 0.2) is 24.3 Å². The summed E-state index contributed by atoms with van der Waals surface area (Å²) in [5.74, 6) is 0. The van der Waals surface area contributed by atoms with Crippen LogP contribution in [-0.2, 0) is 10.3 Å². The second kappa shape index (κ2) is 6.16. The van der Waals surface area contributed by atoms with Crippen LogP contribution in [0, 0.1) is 0 Å². The van der Waals surface area contributed by atoms with E-state index >= 15 is 0 Å². The van der Waals surface area contributed by atoms with Crippen molar-refractivity contribution in [2.75, 3.05) is 25.0 Å². The molecule has 0 aromatic heterocycles. The third kappa shape index (κ3) is 4.63. The van der Waals surface area contributed by atoms with E-state index in [0.29, 0.717) is 13.1 Å². The molecule has 1 fully saturated rings. The van der Waals surface area contributed by atoms with Gasteiger partial charge in [0.2, 0.25) is 0 Å². The summed E-state index contributed by atoms with van der Waals surface area (Å²) in [6, 6.07) is 8.35.